The Morgan fingerprint density at radius 2 is 1.45 bits per heavy atom. The van der Waals surface area contributed by atoms with E-state index in [1.165, 1.54) is 4.90 Å². The van der Waals surface area contributed by atoms with Crippen LogP contribution in [0, 0.1) is 5.92 Å². The topological polar surface area (TPSA) is 107 Å². The number of benzene rings is 4. The van der Waals surface area contributed by atoms with Crippen molar-refractivity contribution in [2.24, 2.45) is 13.0 Å². The minimum Gasteiger partial charge on any atom is -0.392 e. The second-order valence-electron chi connectivity index (χ2n) is 11.9. The van der Waals surface area contributed by atoms with E-state index in [0.717, 1.165) is 38.5 Å². The molecule has 3 heterocycles. The predicted octanol–water partition coefficient (Wildman–Crippen LogP) is 6.35. The number of hydrogen-bond donors (Lipinski definition) is 1. The molecule has 238 valence electrons. The first-order chi connectivity index (χ1) is 22.9. The Labute approximate surface area is 277 Å². The van der Waals surface area contributed by atoms with E-state index >= 15 is 0 Å². The van der Waals surface area contributed by atoms with Crippen molar-refractivity contribution in [3.05, 3.63) is 137 Å². The molecule has 0 unspecified atom stereocenters. The minimum atomic E-state index is -0.610. The van der Waals surface area contributed by atoms with Crippen LogP contribution in [0.5, 0.6) is 0 Å². The van der Waals surface area contributed by atoms with Gasteiger partial charge in [0.2, 0.25) is 0 Å². The average molecular weight is 647 g/mol. The van der Waals surface area contributed by atoms with Gasteiger partial charge in [-0.2, -0.15) is 0 Å². The highest BCUT2D eigenvalue weighted by molar-refractivity contribution is 7.99. The number of aryl methyl sites for hydroxylation is 1. The van der Waals surface area contributed by atoms with E-state index in [1.54, 1.807) is 42.4 Å². The van der Waals surface area contributed by atoms with Crippen LogP contribution >= 0.6 is 11.8 Å². The third kappa shape index (κ3) is 6.13. The third-order valence-electron chi connectivity index (χ3n) is 8.89. The van der Waals surface area contributed by atoms with Crippen molar-refractivity contribution in [1.29, 1.82) is 0 Å². The van der Waals surface area contributed by atoms with Crippen LogP contribution in [0.2, 0.25) is 0 Å². The summed E-state index contributed by atoms with van der Waals surface area (Å²) in [6.45, 7) is 2.30. The standard InChI is InChI=1S/C37H34N4O5S/c1-23-32(21-47-37-39-38-22-40(37)2)45-36(46-33(23)26-13-11-24(20-42)12-14-26)27-17-15-25(16-18-27)29-8-4-3-7-28(29)19-41-34(43)30-9-5-6-10-31(30)35(41)44/h3-18,22-23,32-33,36,42H,19-21H2,1-2H3/t23-,32+,33+,36+/m0/s1. The van der Waals surface area contributed by atoms with Gasteiger partial charge >= 0.3 is 0 Å². The number of aliphatic hydroxyl groups is 1. The zero-order chi connectivity index (χ0) is 32.5. The van der Waals surface area contributed by atoms with Crippen molar-refractivity contribution in [1.82, 2.24) is 19.7 Å². The van der Waals surface area contributed by atoms with Gasteiger partial charge in [-0.05, 0) is 39.9 Å². The summed E-state index contributed by atoms with van der Waals surface area (Å²) in [4.78, 5) is 27.5. The van der Waals surface area contributed by atoms with E-state index in [9.17, 15) is 14.7 Å². The number of hydrogen-bond acceptors (Lipinski definition) is 8. The maximum absolute atomic E-state index is 13.1. The lowest BCUT2D eigenvalue weighted by Crippen LogP contribution is -2.38. The molecule has 47 heavy (non-hydrogen) atoms. The monoisotopic (exact) mass is 646 g/mol. The van der Waals surface area contributed by atoms with E-state index < -0.39 is 6.29 Å². The molecule has 10 heteroatoms. The first-order valence-electron chi connectivity index (χ1n) is 15.5. The number of thioether (sulfide) groups is 1. The Balaban J connectivity index is 1.13. The summed E-state index contributed by atoms with van der Waals surface area (Å²) in [6, 6.07) is 30.7. The molecule has 5 aromatic rings. The predicted molar refractivity (Wildman–Crippen MR) is 177 cm³/mol. The normalized spacial score (nSPS) is 20.9. The fourth-order valence-electron chi connectivity index (χ4n) is 6.18. The Bertz CT molecular complexity index is 1870. The molecule has 0 bridgehead atoms. The zero-order valence-electron chi connectivity index (χ0n) is 26.0. The van der Waals surface area contributed by atoms with E-state index in [0.29, 0.717) is 16.9 Å². The fraction of sp³-hybridized carbons (Fsp3) is 0.243. The molecular formula is C37H34N4O5S. The van der Waals surface area contributed by atoms with Crippen LogP contribution in [0.15, 0.2) is 109 Å². The molecule has 0 radical (unpaired) electrons. The highest BCUT2D eigenvalue weighted by atomic mass is 32.2. The molecule has 2 aliphatic heterocycles. The van der Waals surface area contributed by atoms with Gasteiger partial charge in [-0.15, -0.1) is 10.2 Å². The SMILES string of the molecule is C[C@H]1[C@@H](CSc2nncn2C)O[C@@H](c2ccc(-c3ccccc3CN3C(=O)c4ccccc4C3=O)cc2)O[C@H]1c1ccc(CO)cc1. The molecule has 0 spiro atoms. The Morgan fingerprint density at radius 1 is 0.809 bits per heavy atom. The smallest absolute Gasteiger partial charge is 0.261 e. The molecule has 0 aliphatic carbocycles. The van der Waals surface area contributed by atoms with Gasteiger partial charge in [-0.25, -0.2) is 0 Å². The largest absolute Gasteiger partial charge is 0.392 e. The van der Waals surface area contributed by atoms with Gasteiger partial charge in [0.05, 0.1) is 36.5 Å². The van der Waals surface area contributed by atoms with Crippen molar-refractivity contribution in [3.63, 3.8) is 0 Å². The molecule has 2 amide bonds. The van der Waals surface area contributed by atoms with Crippen molar-refractivity contribution in [3.8, 4) is 11.1 Å². The molecule has 4 atom stereocenters. The van der Waals surface area contributed by atoms with Crippen molar-refractivity contribution < 1.29 is 24.2 Å². The first-order valence-corrected chi connectivity index (χ1v) is 16.5. The van der Waals surface area contributed by atoms with E-state index in [4.69, 9.17) is 9.47 Å². The van der Waals surface area contributed by atoms with Gasteiger partial charge in [0.15, 0.2) is 11.4 Å². The fourth-order valence-corrected chi connectivity index (χ4v) is 7.23. The molecule has 2 aliphatic rings. The van der Waals surface area contributed by atoms with Crippen LogP contribution in [0.25, 0.3) is 11.1 Å². The van der Waals surface area contributed by atoms with Crippen LogP contribution < -0.4 is 0 Å². The second kappa shape index (κ2) is 13.2. The molecule has 7 rings (SSSR count). The number of carbonyl (C=O) groups is 2. The lowest BCUT2D eigenvalue weighted by Gasteiger charge is -2.41. The summed E-state index contributed by atoms with van der Waals surface area (Å²) >= 11 is 1.60. The third-order valence-corrected chi connectivity index (χ3v) is 10.0. The maximum Gasteiger partial charge on any atom is 0.261 e. The number of carbonyl (C=O) groups excluding carboxylic acids is 2. The van der Waals surface area contributed by atoms with Crippen LogP contribution in [0.1, 0.15) is 62.3 Å². The zero-order valence-corrected chi connectivity index (χ0v) is 26.8. The molecule has 1 aromatic heterocycles. The van der Waals surface area contributed by atoms with E-state index in [-0.39, 0.29) is 43.1 Å². The van der Waals surface area contributed by atoms with Gasteiger partial charge in [0, 0.05) is 24.3 Å². The van der Waals surface area contributed by atoms with Gasteiger partial charge in [0.1, 0.15) is 6.33 Å². The summed E-state index contributed by atoms with van der Waals surface area (Å²) in [6.07, 6.45) is 0.705. The number of fused-ring (bicyclic) bond motifs is 1. The van der Waals surface area contributed by atoms with Gasteiger partial charge < -0.3 is 19.1 Å². The van der Waals surface area contributed by atoms with E-state index in [1.807, 2.05) is 84.4 Å². The number of rotatable bonds is 9. The van der Waals surface area contributed by atoms with Crippen LogP contribution in [-0.4, -0.2) is 48.4 Å². The van der Waals surface area contributed by atoms with Gasteiger partial charge in [0.25, 0.3) is 11.8 Å². The van der Waals surface area contributed by atoms with Gasteiger partial charge in [-0.3, -0.25) is 14.5 Å². The summed E-state index contributed by atoms with van der Waals surface area (Å²) in [5.41, 5.74) is 6.40. The molecule has 1 fully saturated rings. The second-order valence-corrected chi connectivity index (χ2v) is 12.9. The van der Waals surface area contributed by atoms with Crippen molar-refractivity contribution >= 4 is 23.6 Å². The Hall–Kier alpha value is -4.61. The number of imide groups is 1. The number of ether oxygens (including phenoxy) is 2. The molecule has 0 saturated carbocycles. The summed E-state index contributed by atoms with van der Waals surface area (Å²) < 4.78 is 15.1. The number of nitrogens with zero attached hydrogens (tertiary/aromatic N) is 4. The van der Waals surface area contributed by atoms with Gasteiger partial charge in [-0.1, -0.05) is 104 Å². The molecular weight excluding hydrogens is 612 g/mol. The molecule has 4 aromatic carbocycles. The van der Waals surface area contributed by atoms with Crippen LogP contribution in [-0.2, 0) is 29.7 Å². The minimum absolute atomic E-state index is 0.0160. The summed E-state index contributed by atoms with van der Waals surface area (Å²) in [5.74, 6) is 0.162. The summed E-state index contributed by atoms with van der Waals surface area (Å²) in [7, 11) is 1.92. The van der Waals surface area contributed by atoms with Crippen molar-refractivity contribution in [2.75, 3.05) is 5.75 Å². The quantitative estimate of drug-likeness (QED) is 0.146. The first kappa shape index (κ1) is 31.0. The summed E-state index contributed by atoms with van der Waals surface area (Å²) in [5, 5.41) is 18.6. The number of aliphatic hydroxyl groups excluding tert-OH is 1. The number of aromatic nitrogens is 3. The average Bonchev–Trinajstić information content (AvgIpc) is 3.63. The lowest BCUT2D eigenvalue weighted by molar-refractivity contribution is -0.268. The molecule has 1 N–H and O–H groups in total. The molecule has 1 saturated heterocycles. The highest BCUT2D eigenvalue weighted by Gasteiger charge is 2.39. The van der Waals surface area contributed by atoms with Crippen LogP contribution in [0.3, 0.4) is 0 Å². The van der Waals surface area contributed by atoms with E-state index in [2.05, 4.69) is 17.1 Å². The Morgan fingerprint density at radius 3 is 2.09 bits per heavy atom. The lowest BCUT2D eigenvalue weighted by atomic mass is 9.91. The van der Waals surface area contributed by atoms with Crippen molar-refractivity contribution in [2.45, 2.75) is 43.7 Å². The Kier molecular flexibility index (Phi) is 8.74. The highest BCUT2D eigenvalue weighted by Crippen LogP contribution is 2.43. The number of amides is 2. The molecule has 9 nitrogen and oxygen atoms in total. The van der Waals surface area contributed by atoms with Crippen LogP contribution in [0.4, 0.5) is 0 Å². The maximum atomic E-state index is 13.1.